The first-order valence-corrected chi connectivity index (χ1v) is 11.4. The van der Waals surface area contributed by atoms with E-state index in [9.17, 15) is 22.8 Å². The summed E-state index contributed by atoms with van der Waals surface area (Å²) in [6.07, 6.45) is -4.17. The molecule has 0 aliphatic carbocycles. The van der Waals surface area contributed by atoms with Crippen molar-refractivity contribution in [1.29, 1.82) is 0 Å². The number of alkyl halides is 3. The first kappa shape index (κ1) is 24.8. The minimum absolute atomic E-state index is 0.217. The van der Waals surface area contributed by atoms with Crippen molar-refractivity contribution in [2.24, 2.45) is 0 Å². The van der Waals surface area contributed by atoms with Gasteiger partial charge in [-0.2, -0.15) is 13.2 Å². The molecule has 0 radical (unpaired) electrons. The van der Waals surface area contributed by atoms with Crippen molar-refractivity contribution in [2.75, 3.05) is 7.11 Å². The number of esters is 1. The SMILES string of the molecule is COC(C)(C)OC(=O)/C(C=O)=C1\c2ccc(-c3ccccc3)cc2Sc2cc(C(F)(F)F)ccc21. The van der Waals surface area contributed by atoms with Crippen LogP contribution in [0, 0.1) is 0 Å². The Morgan fingerprint density at radius 1 is 0.886 bits per heavy atom. The monoisotopic (exact) mass is 498 g/mol. The normalized spacial score (nSPS) is 14.6. The zero-order valence-electron chi connectivity index (χ0n) is 19.1. The molecule has 0 atom stereocenters. The fourth-order valence-electron chi connectivity index (χ4n) is 3.70. The molecule has 3 aromatic rings. The third kappa shape index (κ3) is 5.04. The molecule has 3 aromatic carbocycles. The third-order valence-electron chi connectivity index (χ3n) is 5.59. The van der Waals surface area contributed by atoms with Gasteiger partial charge in [0.1, 0.15) is 5.57 Å². The molecular weight excluding hydrogens is 477 g/mol. The second-order valence-corrected chi connectivity index (χ2v) is 9.37. The van der Waals surface area contributed by atoms with Crippen LogP contribution in [0.5, 0.6) is 0 Å². The van der Waals surface area contributed by atoms with Gasteiger partial charge in [-0.15, -0.1) is 0 Å². The number of carbonyl (C=O) groups is 2. The summed E-state index contributed by atoms with van der Waals surface area (Å²) in [5.74, 6) is -2.24. The molecule has 0 N–H and O–H groups in total. The molecule has 0 spiro atoms. The maximum atomic E-state index is 13.4. The van der Waals surface area contributed by atoms with Crippen LogP contribution in [0.2, 0.25) is 0 Å². The predicted octanol–water partition coefficient (Wildman–Crippen LogP) is 6.76. The molecule has 0 unspecified atom stereocenters. The maximum absolute atomic E-state index is 13.4. The second-order valence-electron chi connectivity index (χ2n) is 8.29. The average Bonchev–Trinajstić information content (AvgIpc) is 2.83. The number of hydrogen-bond acceptors (Lipinski definition) is 5. The average molecular weight is 499 g/mol. The molecule has 0 fully saturated rings. The summed E-state index contributed by atoms with van der Waals surface area (Å²) in [7, 11) is 1.35. The largest absolute Gasteiger partial charge is 0.430 e. The Bertz CT molecular complexity index is 1330. The van der Waals surface area contributed by atoms with E-state index in [0.717, 1.165) is 35.0 Å². The summed E-state index contributed by atoms with van der Waals surface area (Å²) in [5, 5.41) is 0. The summed E-state index contributed by atoms with van der Waals surface area (Å²) in [6, 6.07) is 18.2. The zero-order chi connectivity index (χ0) is 25.4. The van der Waals surface area contributed by atoms with Crippen molar-refractivity contribution >= 4 is 29.6 Å². The summed E-state index contributed by atoms with van der Waals surface area (Å²) < 4.78 is 50.8. The minimum atomic E-state index is -4.54. The van der Waals surface area contributed by atoms with Crippen molar-refractivity contribution in [3.63, 3.8) is 0 Å². The van der Waals surface area contributed by atoms with E-state index in [0.29, 0.717) is 22.3 Å². The molecule has 0 amide bonds. The van der Waals surface area contributed by atoms with Gasteiger partial charge in [-0.25, -0.2) is 4.79 Å². The highest BCUT2D eigenvalue weighted by molar-refractivity contribution is 7.99. The number of fused-ring (bicyclic) bond motifs is 2. The molecule has 35 heavy (non-hydrogen) atoms. The van der Waals surface area contributed by atoms with E-state index in [-0.39, 0.29) is 16.0 Å². The summed E-state index contributed by atoms with van der Waals surface area (Å²) in [4.78, 5) is 26.1. The van der Waals surface area contributed by atoms with Gasteiger partial charge in [-0.05, 0) is 40.5 Å². The van der Waals surface area contributed by atoms with Crippen molar-refractivity contribution < 1.29 is 32.2 Å². The van der Waals surface area contributed by atoms with Crippen LogP contribution >= 0.6 is 11.8 Å². The fraction of sp³-hybridized carbons (Fsp3) is 0.185. The van der Waals surface area contributed by atoms with E-state index in [1.165, 1.54) is 27.0 Å². The number of benzene rings is 3. The fourth-order valence-corrected chi connectivity index (χ4v) is 4.86. The van der Waals surface area contributed by atoms with Crippen LogP contribution in [0.4, 0.5) is 13.2 Å². The van der Waals surface area contributed by atoms with Crippen molar-refractivity contribution in [2.45, 2.75) is 35.6 Å². The number of aldehydes is 1. The molecule has 4 rings (SSSR count). The van der Waals surface area contributed by atoms with Gasteiger partial charge in [0.05, 0.1) is 5.56 Å². The Morgan fingerprint density at radius 3 is 2.11 bits per heavy atom. The molecule has 1 aliphatic heterocycles. The Labute approximate surface area is 204 Å². The lowest BCUT2D eigenvalue weighted by Crippen LogP contribution is -2.31. The van der Waals surface area contributed by atoms with Crippen molar-refractivity contribution in [3.05, 3.63) is 89.0 Å². The molecule has 4 nitrogen and oxygen atoms in total. The smallest absolute Gasteiger partial charge is 0.416 e. The Hall–Kier alpha value is -3.36. The molecule has 0 bridgehead atoms. The molecule has 0 saturated heterocycles. The standard InChI is InChI=1S/C27H21F3O4S/c1-26(2,33-3)34-25(32)21(15-31)24-19-11-9-17(16-7-5-4-6-8-16)13-22(19)35-23-14-18(27(28,29)30)10-12-20(23)24/h4-15H,1-3H3/b24-21+. The molecule has 1 aliphatic rings. The lowest BCUT2D eigenvalue weighted by Gasteiger charge is -2.27. The number of rotatable bonds is 5. The van der Waals surface area contributed by atoms with Crippen LogP contribution in [-0.4, -0.2) is 25.2 Å². The minimum Gasteiger partial charge on any atom is -0.430 e. The highest BCUT2D eigenvalue weighted by Gasteiger charge is 2.35. The van der Waals surface area contributed by atoms with E-state index >= 15 is 0 Å². The zero-order valence-corrected chi connectivity index (χ0v) is 19.9. The Balaban J connectivity index is 1.94. The Morgan fingerprint density at radius 2 is 1.51 bits per heavy atom. The van der Waals surface area contributed by atoms with Gasteiger partial charge in [-0.3, -0.25) is 4.79 Å². The Kier molecular flexibility index (Phi) is 6.62. The van der Waals surface area contributed by atoms with Crippen LogP contribution in [0.3, 0.4) is 0 Å². The van der Waals surface area contributed by atoms with E-state index in [2.05, 4.69) is 0 Å². The third-order valence-corrected chi connectivity index (χ3v) is 6.71. The van der Waals surface area contributed by atoms with E-state index < -0.39 is 23.5 Å². The van der Waals surface area contributed by atoms with Crippen LogP contribution in [0.25, 0.3) is 16.7 Å². The number of methoxy groups -OCH3 is 1. The van der Waals surface area contributed by atoms with Gasteiger partial charge in [-0.1, -0.05) is 60.3 Å². The van der Waals surface area contributed by atoms with Crippen LogP contribution in [-0.2, 0) is 25.2 Å². The lowest BCUT2D eigenvalue weighted by atomic mass is 9.90. The second kappa shape index (κ2) is 9.36. The van der Waals surface area contributed by atoms with Crippen LogP contribution < -0.4 is 0 Å². The van der Waals surface area contributed by atoms with Gasteiger partial charge >= 0.3 is 12.1 Å². The quantitative estimate of drug-likeness (QED) is 0.0760. The molecular formula is C27H21F3O4S. The van der Waals surface area contributed by atoms with Crippen molar-refractivity contribution in [1.82, 2.24) is 0 Å². The van der Waals surface area contributed by atoms with Crippen LogP contribution in [0.1, 0.15) is 30.5 Å². The molecule has 0 saturated carbocycles. The van der Waals surface area contributed by atoms with Gasteiger partial charge < -0.3 is 9.47 Å². The van der Waals surface area contributed by atoms with Gasteiger partial charge in [0, 0.05) is 36.3 Å². The van der Waals surface area contributed by atoms with Crippen molar-refractivity contribution in [3.8, 4) is 11.1 Å². The number of halogens is 3. The van der Waals surface area contributed by atoms with Gasteiger partial charge in [0.15, 0.2) is 6.29 Å². The first-order chi connectivity index (χ1) is 16.5. The molecule has 1 heterocycles. The number of carbonyl (C=O) groups excluding carboxylic acids is 2. The molecule has 0 aromatic heterocycles. The van der Waals surface area contributed by atoms with E-state index in [1.807, 2.05) is 42.5 Å². The topological polar surface area (TPSA) is 52.6 Å². The van der Waals surface area contributed by atoms with E-state index in [1.54, 1.807) is 6.07 Å². The number of ether oxygens (including phenoxy) is 2. The van der Waals surface area contributed by atoms with Gasteiger partial charge in [0.2, 0.25) is 5.79 Å². The lowest BCUT2D eigenvalue weighted by molar-refractivity contribution is -0.201. The molecule has 8 heteroatoms. The van der Waals surface area contributed by atoms with E-state index in [4.69, 9.17) is 9.47 Å². The first-order valence-electron chi connectivity index (χ1n) is 10.6. The van der Waals surface area contributed by atoms with Gasteiger partial charge in [0.25, 0.3) is 0 Å². The molecule has 180 valence electrons. The summed E-state index contributed by atoms with van der Waals surface area (Å²) in [6.45, 7) is 3.02. The predicted molar refractivity (Wildman–Crippen MR) is 127 cm³/mol. The highest BCUT2D eigenvalue weighted by atomic mass is 32.2. The maximum Gasteiger partial charge on any atom is 0.416 e. The number of hydrogen-bond donors (Lipinski definition) is 0. The van der Waals surface area contributed by atoms with Crippen LogP contribution in [0.15, 0.2) is 82.1 Å². The summed E-state index contributed by atoms with van der Waals surface area (Å²) >= 11 is 1.16. The highest BCUT2D eigenvalue weighted by Crippen LogP contribution is 2.49. The summed E-state index contributed by atoms with van der Waals surface area (Å²) in [5.41, 5.74) is 1.77.